The molecule has 0 saturated heterocycles. The van der Waals surface area contributed by atoms with Gasteiger partial charge in [0.15, 0.2) is 18.1 Å². The predicted octanol–water partition coefficient (Wildman–Crippen LogP) is 4.90. The van der Waals surface area contributed by atoms with Gasteiger partial charge < -0.3 is 14.2 Å². The molecule has 0 unspecified atom stereocenters. The van der Waals surface area contributed by atoms with Crippen molar-refractivity contribution >= 4 is 34.0 Å². The molecule has 170 valence electrons. The van der Waals surface area contributed by atoms with Crippen LogP contribution >= 0.6 is 15.9 Å². The van der Waals surface area contributed by atoms with E-state index in [4.69, 9.17) is 14.2 Å². The SMILES string of the molecule is CCOc1cc(C=NNC(=O)COc2cccc(C)c2)ccc1OC(=O)c1ccc(Br)cc1. The number of nitrogens with zero attached hydrogens (tertiary/aromatic N) is 1. The van der Waals surface area contributed by atoms with Crippen LogP contribution in [0.15, 0.2) is 76.3 Å². The van der Waals surface area contributed by atoms with Gasteiger partial charge in [0.25, 0.3) is 5.91 Å². The van der Waals surface area contributed by atoms with E-state index in [1.54, 1.807) is 48.5 Å². The molecule has 0 aromatic heterocycles. The van der Waals surface area contributed by atoms with Gasteiger partial charge in [0, 0.05) is 4.47 Å². The second-order valence-corrected chi connectivity index (χ2v) is 7.85. The zero-order chi connectivity index (χ0) is 23.6. The molecule has 0 aliphatic carbocycles. The number of carbonyl (C=O) groups excluding carboxylic acids is 2. The predicted molar refractivity (Wildman–Crippen MR) is 129 cm³/mol. The van der Waals surface area contributed by atoms with E-state index in [0.29, 0.717) is 29.2 Å². The number of rotatable bonds is 9. The molecule has 1 amide bonds. The van der Waals surface area contributed by atoms with Crippen LogP contribution in [0, 0.1) is 6.92 Å². The molecule has 0 fully saturated rings. The van der Waals surface area contributed by atoms with E-state index >= 15 is 0 Å². The quantitative estimate of drug-likeness (QED) is 0.191. The Labute approximate surface area is 200 Å². The van der Waals surface area contributed by atoms with Crippen LogP contribution < -0.4 is 19.6 Å². The van der Waals surface area contributed by atoms with Gasteiger partial charge in [-0.05, 0) is 79.6 Å². The summed E-state index contributed by atoms with van der Waals surface area (Å²) in [4.78, 5) is 24.4. The smallest absolute Gasteiger partial charge is 0.343 e. The highest BCUT2D eigenvalue weighted by molar-refractivity contribution is 9.10. The highest BCUT2D eigenvalue weighted by atomic mass is 79.9. The van der Waals surface area contributed by atoms with Gasteiger partial charge in [-0.25, -0.2) is 10.2 Å². The van der Waals surface area contributed by atoms with Crippen LogP contribution in [0.25, 0.3) is 0 Å². The van der Waals surface area contributed by atoms with Crippen molar-refractivity contribution in [2.75, 3.05) is 13.2 Å². The third kappa shape index (κ3) is 7.47. The Bertz CT molecular complexity index is 1150. The van der Waals surface area contributed by atoms with E-state index in [0.717, 1.165) is 10.0 Å². The molecule has 0 spiro atoms. The molecule has 7 nitrogen and oxygen atoms in total. The summed E-state index contributed by atoms with van der Waals surface area (Å²) in [6, 6.07) is 19.3. The summed E-state index contributed by atoms with van der Waals surface area (Å²) in [7, 11) is 0. The first-order valence-electron chi connectivity index (χ1n) is 10.2. The Morgan fingerprint density at radius 3 is 2.52 bits per heavy atom. The Morgan fingerprint density at radius 1 is 1.00 bits per heavy atom. The zero-order valence-electron chi connectivity index (χ0n) is 18.2. The van der Waals surface area contributed by atoms with Gasteiger partial charge in [-0.3, -0.25) is 4.79 Å². The lowest BCUT2D eigenvalue weighted by Crippen LogP contribution is -2.24. The fraction of sp³-hybridized carbons (Fsp3) is 0.160. The molecule has 3 rings (SSSR count). The topological polar surface area (TPSA) is 86.2 Å². The second kappa shape index (κ2) is 11.8. The molecular formula is C25H23BrN2O5. The number of esters is 1. The molecule has 0 aliphatic rings. The number of ether oxygens (including phenoxy) is 3. The summed E-state index contributed by atoms with van der Waals surface area (Å²) in [6.07, 6.45) is 1.47. The zero-order valence-corrected chi connectivity index (χ0v) is 19.8. The fourth-order valence-electron chi connectivity index (χ4n) is 2.77. The third-order valence-electron chi connectivity index (χ3n) is 4.31. The van der Waals surface area contributed by atoms with Gasteiger partial charge in [-0.1, -0.05) is 28.1 Å². The molecule has 8 heteroatoms. The number of benzene rings is 3. The standard InChI is InChI=1S/C25H23BrN2O5/c1-3-31-23-14-18(7-12-22(23)33-25(30)19-8-10-20(26)11-9-19)15-27-28-24(29)16-32-21-6-4-5-17(2)13-21/h4-15H,3,16H2,1-2H3,(H,28,29). The summed E-state index contributed by atoms with van der Waals surface area (Å²) in [5.41, 5.74) is 4.53. The number of nitrogens with one attached hydrogen (secondary N) is 1. The molecule has 1 N–H and O–H groups in total. The number of carbonyl (C=O) groups is 2. The van der Waals surface area contributed by atoms with Crippen LogP contribution in [0.2, 0.25) is 0 Å². The van der Waals surface area contributed by atoms with Crippen LogP contribution in [0.5, 0.6) is 17.2 Å². The first-order chi connectivity index (χ1) is 15.9. The maximum absolute atomic E-state index is 12.4. The van der Waals surface area contributed by atoms with Gasteiger partial charge in [0.2, 0.25) is 0 Å². The van der Waals surface area contributed by atoms with E-state index in [2.05, 4.69) is 26.5 Å². The summed E-state index contributed by atoms with van der Waals surface area (Å²) in [5.74, 6) is 0.408. The molecule has 0 saturated carbocycles. The first-order valence-corrected chi connectivity index (χ1v) is 11.0. The van der Waals surface area contributed by atoms with E-state index in [-0.39, 0.29) is 12.4 Å². The van der Waals surface area contributed by atoms with Gasteiger partial charge in [-0.2, -0.15) is 5.10 Å². The molecular weight excluding hydrogens is 488 g/mol. The maximum Gasteiger partial charge on any atom is 0.343 e. The lowest BCUT2D eigenvalue weighted by molar-refractivity contribution is -0.123. The molecule has 0 atom stereocenters. The molecule has 0 bridgehead atoms. The van der Waals surface area contributed by atoms with E-state index in [1.165, 1.54) is 6.21 Å². The lowest BCUT2D eigenvalue weighted by atomic mass is 10.2. The van der Waals surface area contributed by atoms with Crippen molar-refractivity contribution in [3.05, 3.63) is 87.9 Å². The number of hydrazone groups is 1. The molecule has 0 heterocycles. The van der Waals surface area contributed by atoms with Crippen molar-refractivity contribution in [1.29, 1.82) is 0 Å². The Morgan fingerprint density at radius 2 is 1.79 bits per heavy atom. The summed E-state index contributed by atoms with van der Waals surface area (Å²) in [6.45, 7) is 4.00. The van der Waals surface area contributed by atoms with Gasteiger partial charge in [0.05, 0.1) is 18.4 Å². The van der Waals surface area contributed by atoms with Crippen molar-refractivity contribution in [3.63, 3.8) is 0 Å². The number of amides is 1. The van der Waals surface area contributed by atoms with Crippen LogP contribution in [0.1, 0.15) is 28.4 Å². The second-order valence-electron chi connectivity index (χ2n) is 6.93. The van der Waals surface area contributed by atoms with E-state index in [9.17, 15) is 9.59 Å². The Balaban J connectivity index is 1.59. The van der Waals surface area contributed by atoms with Crippen molar-refractivity contribution in [3.8, 4) is 17.2 Å². The van der Waals surface area contributed by atoms with E-state index < -0.39 is 11.9 Å². The van der Waals surface area contributed by atoms with Crippen molar-refractivity contribution in [2.45, 2.75) is 13.8 Å². The maximum atomic E-state index is 12.4. The molecule has 0 radical (unpaired) electrons. The highest BCUT2D eigenvalue weighted by Crippen LogP contribution is 2.29. The lowest BCUT2D eigenvalue weighted by Gasteiger charge is -2.11. The van der Waals surface area contributed by atoms with Crippen LogP contribution in [-0.4, -0.2) is 31.3 Å². The largest absolute Gasteiger partial charge is 0.490 e. The summed E-state index contributed by atoms with van der Waals surface area (Å²) < 4.78 is 17.4. The van der Waals surface area contributed by atoms with Gasteiger partial charge in [-0.15, -0.1) is 0 Å². The Hall–Kier alpha value is -3.65. The number of halogens is 1. The van der Waals surface area contributed by atoms with Crippen LogP contribution in [0.3, 0.4) is 0 Å². The first kappa shape index (κ1) is 24.0. The number of aryl methyl sites for hydroxylation is 1. The fourth-order valence-corrected chi connectivity index (χ4v) is 3.03. The molecule has 0 aliphatic heterocycles. The third-order valence-corrected chi connectivity index (χ3v) is 4.84. The normalized spacial score (nSPS) is 10.6. The number of hydrogen-bond acceptors (Lipinski definition) is 6. The molecule has 33 heavy (non-hydrogen) atoms. The number of hydrogen-bond donors (Lipinski definition) is 1. The van der Waals surface area contributed by atoms with E-state index in [1.807, 2.05) is 32.0 Å². The van der Waals surface area contributed by atoms with Crippen LogP contribution in [-0.2, 0) is 4.79 Å². The highest BCUT2D eigenvalue weighted by Gasteiger charge is 2.13. The van der Waals surface area contributed by atoms with Gasteiger partial charge >= 0.3 is 5.97 Å². The minimum absolute atomic E-state index is 0.157. The minimum Gasteiger partial charge on any atom is -0.490 e. The van der Waals surface area contributed by atoms with Crippen LogP contribution in [0.4, 0.5) is 0 Å². The average Bonchev–Trinajstić information content (AvgIpc) is 2.80. The van der Waals surface area contributed by atoms with Crippen molar-refractivity contribution in [2.24, 2.45) is 5.10 Å². The average molecular weight is 511 g/mol. The van der Waals surface area contributed by atoms with Gasteiger partial charge in [0.1, 0.15) is 5.75 Å². The van der Waals surface area contributed by atoms with Crippen molar-refractivity contribution in [1.82, 2.24) is 5.43 Å². The minimum atomic E-state index is -0.495. The monoisotopic (exact) mass is 510 g/mol. The summed E-state index contributed by atoms with van der Waals surface area (Å²) >= 11 is 3.34. The summed E-state index contributed by atoms with van der Waals surface area (Å²) in [5, 5.41) is 3.95. The molecule has 3 aromatic carbocycles. The Kier molecular flexibility index (Phi) is 8.60. The molecule has 3 aromatic rings. The van der Waals surface area contributed by atoms with Crippen molar-refractivity contribution < 1.29 is 23.8 Å².